The number of carbonyl (C=O) groups is 1. The molecule has 21 heavy (non-hydrogen) atoms. The van der Waals surface area contributed by atoms with Crippen molar-refractivity contribution in [3.8, 4) is 6.07 Å². The third-order valence-electron chi connectivity index (χ3n) is 3.28. The van der Waals surface area contributed by atoms with E-state index in [4.69, 9.17) is 10.4 Å². The van der Waals surface area contributed by atoms with Gasteiger partial charge in [0.25, 0.3) is 0 Å². The van der Waals surface area contributed by atoms with Crippen LogP contribution in [0.25, 0.3) is 0 Å². The van der Waals surface area contributed by atoms with Gasteiger partial charge in [-0.2, -0.15) is 9.57 Å². The van der Waals surface area contributed by atoms with Gasteiger partial charge in [-0.05, 0) is 17.7 Å². The summed E-state index contributed by atoms with van der Waals surface area (Å²) in [5, 5.41) is 27.4. The molecule has 0 bridgehead atoms. The minimum atomic E-state index is -3.88. The van der Waals surface area contributed by atoms with Gasteiger partial charge in [-0.15, -0.1) is 0 Å². The summed E-state index contributed by atoms with van der Waals surface area (Å²) < 4.78 is 25.5. The van der Waals surface area contributed by atoms with E-state index in [1.807, 2.05) is 6.07 Å². The standard InChI is InChI=1S/C13H14N2O5S/c14-6-9-2-1-3-10(4-9)8-21(19,20)15-7-11(16)5-12(15)13(17)18/h1-4,11-12,16H,5,7-8H2,(H,17,18)/t11-,12-/m0/s1. The van der Waals surface area contributed by atoms with Gasteiger partial charge in [0.05, 0.1) is 23.5 Å². The van der Waals surface area contributed by atoms with E-state index in [9.17, 15) is 18.3 Å². The molecule has 8 heteroatoms. The highest BCUT2D eigenvalue weighted by atomic mass is 32.2. The lowest BCUT2D eigenvalue weighted by Gasteiger charge is -2.20. The fraction of sp³-hybridized carbons (Fsp3) is 0.385. The predicted octanol–water partition coefficient (Wildman–Crippen LogP) is -0.0921. The Balaban J connectivity index is 2.25. The van der Waals surface area contributed by atoms with E-state index < -0.39 is 33.9 Å². The molecular weight excluding hydrogens is 296 g/mol. The van der Waals surface area contributed by atoms with Crippen LogP contribution in [-0.4, -0.2) is 47.6 Å². The Morgan fingerprint density at radius 3 is 2.81 bits per heavy atom. The third kappa shape index (κ3) is 3.39. The van der Waals surface area contributed by atoms with Crippen molar-refractivity contribution in [1.29, 1.82) is 5.26 Å². The Labute approximate surface area is 122 Å². The SMILES string of the molecule is N#Cc1cccc(CS(=O)(=O)N2C[C@@H](O)C[C@H]2C(=O)O)c1. The van der Waals surface area contributed by atoms with Gasteiger partial charge in [-0.25, -0.2) is 8.42 Å². The molecule has 0 aromatic heterocycles. The van der Waals surface area contributed by atoms with Crippen LogP contribution in [0.4, 0.5) is 0 Å². The first kappa shape index (κ1) is 15.4. The summed E-state index contributed by atoms with van der Waals surface area (Å²) in [4.78, 5) is 11.1. The average Bonchev–Trinajstić information content (AvgIpc) is 2.82. The predicted molar refractivity (Wildman–Crippen MR) is 72.5 cm³/mol. The van der Waals surface area contributed by atoms with Crippen LogP contribution in [0.2, 0.25) is 0 Å². The van der Waals surface area contributed by atoms with E-state index in [-0.39, 0.29) is 13.0 Å². The van der Waals surface area contributed by atoms with Gasteiger partial charge in [-0.1, -0.05) is 12.1 Å². The number of carboxylic acid groups (broad SMARTS) is 1. The Bertz CT molecular complexity index is 695. The lowest BCUT2D eigenvalue weighted by atomic mass is 10.2. The number of aliphatic hydroxyl groups is 1. The summed E-state index contributed by atoms with van der Waals surface area (Å²) in [5.41, 5.74) is 0.735. The lowest BCUT2D eigenvalue weighted by Crippen LogP contribution is -2.41. The van der Waals surface area contributed by atoms with Crippen molar-refractivity contribution in [1.82, 2.24) is 4.31 Å². The topological polar surface area (TPSA) is 119 Å². The fourth-order valence-corrected chi connectivity index (χ4v) is 4.07. The van der Waals surface area contributed by atoms with Gasteiger partial charge in [0.1, 0.15) is 6.04 Å². The number of aliphatic hydroxyl groups excluding tert-OH is 1. The fourth-order valence-electron chi connectivity index (χ4n) is 2.34. The lowest BCUT2D eigenvalue weighted by molar-refractivity contribution is -0.140. The number of rotatable bonds is 4. The van der Waals surface area contributed by atoms with Crippen LogP contribution < -0.4 is 0 Å². The van der Waals surface area contributed by atoms with Crippen molar-refractivity contribution in [3.05, 3.63) is 35.4 Å². The van der Waals surface area contributed by atoms with E-state index in [2.05, 4.69) is 0 Å². The van der Waals surface area contributed by atoms with Crippen LogP contribution in [0.5, 0.6) is 0 Å². The molecule has 0 spiro atoms. The number of carboxylic acids is 1. The summed E-state index contributed by atoms with van der Waals surface area (Å²) >= 11 is 0. The molecule has 1 aromatic carbocycles. The smallest absolute Gasteiger partial charge is 0.322 e. The molecule has 1 fully saturated rings. The van der Waals surface area contributed by atoms with Crippen LogP contribution in [0, 0.1) is 11.3 Å². The van der Waals surface area contributed by atoms with Crippen molar-refractivity contribution in [2.75, 3.05) is 6.54 Å². The maximum Gasteiger partial charge on any atom is 0.322 e. The molecule has 1 aromatic rings. The normalized spacial score (nSPS) is 22.9. The monoisotopic (exact) mass is 310 g/mol. The third-order valence-corrected chi connectivity index (χ3v) is 5.10. The zero-order valence-corrected chi connectivity index (χ0v) is 11.8. The van der Waals surface area contributed by atoms with E-state index in [0.29, 0.717) is 11.1 Å². The van der Waals surface area contributed by atoms with Crippen molar-refractivity contribution in [3.63, 3.8) is 0 Å². The molecule has 2 rings (SSSR count). The molecule has 2 atom stereocenters. The maximum absolute atomic E-state index is 12.3. The Morgan fingerprint density at radius 1 is 1.48 bits per heavy atom. The van der Waals surface area contributed by atoms with Crippen LogP contribution >= 0.6 is 0 Å². The van der Waals surface area contributed by atoms with E-state index in [1.54, 1.807) is 18.2 Å². The van der Waals surface area contributed by atoms with Crippen LogP contribution in [0.15, 0.2) is 24.3 Å². The summed E-state index contributed by atoms with van der Waals surface area (Å²) in [5.74, 6) is -1.68. The number of hydrogen-bond donors (Lipinski definition) is 2. The number of aliphatic carboxylic acids is 1. The first-order chi connectivity index (χ1) is 9.83. The molecule has 7 nitrogen and oxygen atoms in total. The molecule has 1 saturated heterocycles. The molecule has 0 amide bonds. The number of benzene rings is 1. The Kier molecular flexibility index (Phi) is 4.27. The average molecular weight is 310 g/mol. The molecule has 1 aliphatic rings. The van der Waals surface area contributed by atoms with Crippen molar-refractivity contribution < 1.29 is 23.4 Å². The summed E-state index contributed by atoms with van der Waals surface area (Å²) in [6.07, 6.45) is -1.10. The minimum absolute atomic E-state index is 0.118. The number of hydrogen-bond acceptors (Lipinski definition) is 5. The first-order valence-corrected chi connectivity index (χ1v) is 7.84. The van der Waals surface area contributed by atoms with Crippen LogP contribution in [0.3, 0.4) is 0 Å². The van der Waals surface area contributed by atoms with Crippen molar-refractivity contribution >= 4 is 16.0 Å². The molecule has 1 aliphatic heterocycles. The molecular formula is C13H14N2O5S. The summed E-state index contributed by atoms with van der Waals surface area (Å²) in [7, 11) is -3.88. The van der Waals surface area contributed by atoms with Gasteiger partial charge < -0.3 is 10.2 Å². The molecule has 0 saturated carbocycles. The Morgan fingerprint density at radius 2 is 2.19 bits per heavy atom. The zero-order valence-electron chi connectivity index (χ0n) is 11.0. The van der Waals surface area contributed by atoms with Crippen molar-refractivity contribution in [2.24, 2.45) is 0 Å². The van der Waals surface area contributed by atoms with Crippen LogP contribution in [-0.2, 0) is 20.6 Å². The number of nitriles is 1. The quantitative estimate of drug-likeness (QED) is 0.802. The second-order valence-electron chi connectivity index (χ2n) is 4.88. The molecule has 0 unspecified atom stereocenters. The highest BCUT2D eigenvalue weighted by Crippen LogP contribution is 2.24. The second-order valence-corrected chi connectivity index (χ2v) is 6.80. The number of β-amino-alcohol motifs (C(OH)–C–C–N with tert-alkyl or cyclic N) is 1. The van der Waals surface area contributed by atoms with E-state index in [0.717, 1.165) is 4.31 Å². The largest absolute Gasteiger partial charge is 0.480 e. The molecule has 112 valence electrons. The van der Waals surface area contributed by atoms with Crippen molar-refractivity contribution in [2.45, 2.75) is 24.3 Å². The highest BCUT2D eigenvalue weighted by molar-refractivity contribution is 7.88. The number of nitrogens with zero attached hydrogens (tertiary/aromatic N) is 2. The molecule has 0 radical (unpaired) electrons. The highest BCUT2D eigenvalue weighted by Gasteiger charge is 2.42. The molecule has 1 heterocycles. The van der Waals surface area contributed by atoms with Gasteiger partial charge in [0, 0.05) is 13.0 Å². The Hall–Kier alpha value is -1.95. The molecule has 0 aliphatic carbocycles. The maximum atomic E-state index is 12.3. The van der Waals surface area contributed by atoms with Crippen LogP contribution in [0.1, 0.15) is 17.5 Å². The first-order valence-electron chi connectivity index (χ1n) is 6.23. The van der Waals surface area contributed by atoms with Gasteiger partial charge >= 0.3 is 5.97 Å². The van der Waals surface area contributed by atoms with Gasteiger partial charge in [0.15, 0.2) is 0 Å². The molecule has 2 N–H and O–H groups in total. The summed E-state index contributed by atoms with van der Waals surface area (Å²) in [6.45, 7) is -0.225. The zero-order chi connectivity index (χ0) is 15.6. The summed E-state index contributed by atoms with van der Waals surface area (Å²) in [6, 6.07) is 6.79. The minimum Gasteiger partial charge on any atom is -0.480 e. The van der Waals surface area contributed by atoms with E-state index >= 15 is 0 Å². The van der Waals surface area contributed by atoms with Gasteiger partial charge in [-0.3, -0.25) is 4.79 Å². The second kappa shape index (κ2) is 5.81. The number of sulfonamides is 1. The van der Waals surface area contributed by atoms with Gasteiger partial charge in [0.2, 0.25) is 10.0 Å². The van der Waals surface area contributed by atoms with E-state index in [1.165, 1.54) is 6.07 Å².